The molecule has 0 radical (unpaired) electrons. The van der Waals surface area contributed by atoms with Crippen LogP contribution in [0.2, 0.25) is 0 Å². The Morgan fingerprint density at radius 3 is 2.59 bits per heavy atom. The number of hydrogen-bond acceptors (Lipinski definition) is 1. The molecular formula is C14H26BrNO. The van der Waals surface area contributed by atoms with Crippen molar-refractivity contribution in [3.05, 3.63) is 0 Å². The summed E-state index contributed by atoms with van der Waals surface area (Å²) in [6, 6.07) is 0. The fraction of sp³-hybridized carbons (Fsp3) is 0.929. The molecular weight excluding hydrogens is 278 g/mol. The van der Waals surface area contributed by atoms with Gasteiger partial charge in [-0.2, -0.15) is 0 Å². The maximum Gasteiger partial charge on any atom is 0.223 e. The molecule has 0 heterocycles. The van der Waals surface area contributed by atoms with Gasteiger partial charge in [-0.1, -0.05) is 56.5 Å². The molecule has 0 aromatic carbocycles. The highest BCUT2D eigenvalue weighted by atomic mass is 79.9. The van der Waals surface area contributed by atoms with Crippen molar-refractivity contribution in [2.45, 2.75) is 58.2 Å². The first-order valence-corrected chi connectivity index (χ1v) is 7.68. The Morgan fingerprint density at radius 1 is 1.41 bits per heavy atom. The number of halogens is 1. The van der Waals surface area contributed by atoms with E-state index in [-0.39, 0.29) is 17.2 Å². The van der Waals surface area contributed by atoms with Crippen LogP contribution in [-0.4, -0.2) is 17.3 Å². The van der Waals surface area contributed by atoms with Gasteiger partial charge in [0.15, 0.2) is 0 Å². The van der Waals surface area contributed by atoms with Gasteiger partial charge in [-0.05, 0) is 24.2 Å². The fourth-order valence-corrected chi connectivity index (χ4v) is 2.70. The molecule has 2 atom stereocenters. The van der Waals surface area contributed by atoms with Crippen molar-refractivity contribution in [3.8, 4) is 0 Å². The molecule has 1 N–H and O–H groups in total. The summed E-state index contributed by atoms with van der Waals surface area (Å²) in [6.45, 7) is 9.52. The van der Waals surface area contributed by atoms with Crippen molar-refractivity contribution in [2.24, 2.45) is 17.3 Å². The monoisotopic (exact) mass is 303 g/mol. The standard InChI is InChI=1S/C14H26BrNO/c1-10(2)12(15)9-16-13(17)11-7-5-6-8-14(11,3)4/h10-12H,5-9H2,1-4H3,(H,16,17). The van der Waals surface area contributed by atoms with Gasteiger partial charge < -0.3 is 5.32 Å². The molecule has 2 nitrogen and oxygen atoms in total. The molecule has 0 aromatic heterocycles. The summed E-state index contributed by atoms with van der Waals surface area (Å²) >= 11 is 3.61. The Morgan fingerprint density at radius 2 is 2.06 bits per heavy atom. The van der Waals surface area contributed by atoms with Crippen molar-refractivity contribution in [3.63, 3.8) is 0 Å². The smallest absolute Gasteiger partial charge is 0.223 e. The van der Waals surface area contributed by atoms with Crippen molar-refractivity contribution in [2.75, 3.05) is 6.54 Å². The highest BCUT2D eigenvalue weighted by Gasteiger charge is 2.37. The summed E-state index contributed by atoms with van der Waals surface area (Å²) < 4.78 is 0. The first-order valence-electron chi connectivity index (χ1n) is 6.76. The number of carbonyl (C=O) groups excluding carboxylic acids is 1. The lowest BCUT2D eigenvalue weighted by atomic mass is 9.68. The molecule has 1 fully saturated rings. The summed E-state index contributed by atoms with van der Waals surface area (Å²) in [7, 11) is 0. The summed E-state index contributed by atoms with van der Waals surface area (Å²) in [5.41, 5.74) is 0.169. The molecule has 0 aliphatic heterocycles. The summed E-state index contributed by atoms with van der Waals surface area (Å²) in [4.78, 5) is 12.6. The molecule has 0 saturated heterocycles. The van der Waals surface area contributed by atoms with Crippen LogP contribution in [0.15, 0.2) is 0 Å². The first-order chi connectivity index (χ1) is 7.84. The third-order valence-corrected chi connectivity index (χ3v) is 5.40. The van der Waals surface area contributed by atoms with Gasteiger partial charge in [-0.15, -0.1) is 0 Å². The third-order valence-electron chi connectivity index (χ3n) is 4.02. The maximum atomic E-state index is 12.2. The minimum Gasteiger partial charge on any atom is -0.355 e. The second kappa shape index (κ2) is 6.21. The zero-order valence-electron chi connectivity index (χ0n) is 11.6. The van der Waals surface area contributed by atoms with Gasteiger partial charge in [-0.3, -0.25) is 4.79 Å². The van der Waals surface area contributed by atoms with Crippen molar-refractivity contribution >= 4 is 21.8 Å². The predicted molar refractivity (Wildman–Crippen MR) is 76.3 cm³/mol. The predicted octanol–water partition coefficient (Wildman–Crippen LogP) is 3.74. The highest BCUT2D eigenvalue weighted by molar-refractivity contribution is 9.09. The third kappa shape index (κ3) is 4.27. The van der Waals surface area contributed by atoms with Crippen LogP contribution in [0.1, 0.15) is 53.4 Å². The largest absolute Gasteiger partial charge is 0.355 e. The zero-order chi connectivity index (χ0) is 13.1. The molecule has 2 unspecified atom stereocenters. The topological polar surface area (TPSA) is 29.1 Å². The summed E-state index contributed by atoms with van der Waals surface area (Å²) in [5, 5.41) is 3.10. The van der Waals surface area contributed by atoms with Crippen LogP contribution in [0, 0.1) is 17.3 Å². The normalized spacial score (nSPS) is 25.6. The van der Waals surface area contributed by atoms with E-state index in [1.807, 2.05) is 0 Å². The summed E-state index contributed by atoms with van der Waals surface area (Å²) in [6.07, 6.45) is 4.69. The van der Waals surface area contributed by atoms with Gasteiger partial charge >= 0.3 is 0 Å². The van der Waals surface area contributed by atoms with Crippen LogP contribution in [-0.2, 0) is 4.79 Å². The van der Waals surface area contributed by atoms with Crippen LogP contribution in [0.4, 0.5) is 0 Å². The van der Waals surface area contributed by atoms with Gasteiger partial charge in [-0.25, -0.2) is 0 Å². The highest BCUT2D eigenvalue weighted by Crippen LogP contribution is 2.40. The van der Waals surface area contributed by atoms with E-state index in [2.05, 4.69) is 48.9 Å². The van der Waals surface area contributed by atoms with Crippen LogP contribution in [0.3, 0.4) is 0 Å². The molecule has 1 aliphatic carbocycles. The molecule has 0 spiro atoms. The molecule has 100 valence electrons. The molecule has 1 rings (SSSR count). The van der Waals surface area contributed by atoms with Crippen molar-refractivity contribution in [1.29, 1.82) is 0 Å². The minimum absolute atomic E-state index is 0.169. The number of carbonyl (C=O) groups is 1. The van der Waals surface area contributed by atoms with Gasteiger partial charge in [0.2, 0.25) is 5.91 Å². The Bertz CT molecular complexity index is 263. The minimum atomic E-state index is 0.169. The van der Waals surface area contributed by atoms with E-state index in [1.165, 1.54) is 19.3 Å². The van der Waals surface area contributed by atoms with Crippen molar-refractivity contribution in [1.82, 2.24) is 5.32 Å². The van der Waals surface area contributed by atoms with E-state index in [4.69, 9.17) is 0 Å². The van der Waals surface area contributed by atoms with Crippen LogP contribution in [0.25, 0.3) is 0 Å². The molecule has 1 aliphatic rings. The molecule has 1 amide bonds. The quantitative estimate of drug-likeness (QED) is 0.788. The van der Waals surface area contributed by atoms with E-state index < -0.39 is 0 Å². The number of nitrogens with one attached hydrogen (secondary N) is 1. The number of hydrogen-bond donors (Lipinski definition) is 1. The van der Waals surface area contributed by atoms with Crippen molar-refractivity contribution < 1.29 is 4.79 Å². The fourth-order valence-electron chi connectivity index (χ4n) is 2.54. The number of alkyl halides is 1. The van der Waals surface area contributed by atoms with Gasteiger partial charge in [0, 0.05) is 17.3 Å². The lowest BCUT2D eigenvalue weighted by Gasteiger charge is -2.37. The van der Waals surface area contributed by atoms with Crippen LogP contribution >= 0.6 is 15.9 Å². The van der Waals surface area contributed by atoms with E-state index in [9.17, 15) is 4.79 Å². The molecule has 17 heavy (non-hydrogen) atoms. The van der Waals surface area contributed by atoms with Crippen LogP contribution < -0.4 is 5.32 Å². The second-order valence-corrected chi connectivity index (χ2v) is 7.47. The molecule has 0 aromatic rings. The molecule has 3 heteroatoms. The van der Waals surface area contributed by atoms with E-state index in [0.717, 1.165) is 13.0 Å². The van der Waals surface area contributed by atoms with Gasteiger partial charge in [0.25, 0.3) is 0 Å². The van der Waals surface area contributed by atoms with E-state index in [1.54, 1.807) is 0 Å². The maximum absolute atomic E-state index is 12.2. The Labute approximate surface area is 114 Å². The Balaban J connectivity index is 2.46. The van der Waals surface area contributed by atoms with E-state index >= 15 is 0 Å². The first kappa shape index (κ1) is 15.0. The molecule has 0 bridgehead atoms. The Kier molecular flexibility index (Phi) is 5.49. The lowest BCUT2D eigenvalue weighted by Crippen LogP contribution is -2.43. The number of amides is 1. The van der Waals surface area contributed by atoms with Gasteiger partial charge in [0.1, 0.15) is 0 Å². The SMILES string of the molecule is CC(C)C(Br)CNC(=O)C1CCCCC1(C)C. The lowest BCUT2D eigenvalue weighted by molar-refractivity contribution is -0.130. The average Bonchev–Trinajstić information content (AvgIpc) is 2.24. The Hall–Kier alpha value is -0.0500. The number of rotatable bonds is 4. The van der Waals surface area contributed by atoms with Gasteiger partial charge in [0.05, 0.1) is 0 Å². The van der Waals surface area contributed by atoms with Crippen LogP contribution in [0.5, 0.6) is 0 Å². The summed E-state index contributed by atoms with van der Waals surface area (Å²) in [5.74, 6) is 0.998. The second-order valence-electron chi connectivity index (χ2n) is 6.29. The average molecular weight is 304 g/mol. The van der Waals surface area contributed by atoms with E-state index in [0.29, 0.717) is 10.7 Å². The molecule has 1 saturated carbocycles. The zero-order valence-corrected chi connectivity index (χ0v) is 13.1.